The van der Waals surface area contributed by atoms with Crippen LogP contribution in [-0.2, 0) is 0 Å². The number of hydrogen-bond acceptors (Lipinski definition) is 4. The summed E-state index contributed by atoms with van der Waals surface area (Å²) in [4.78, 5) is 34.7. The highest BCUT2D eigenvalue weighted by atomic mass is 16.5. The average Bonchev–Trinajstić information content (AvgIpc) is 2.41. The van der Waals surface area contributed by atoms with Crippen molar-refractivity contribution in [2.75, 3.05) is 0 Å². The van der Waals surface area contributed by atoms with Gasteiger partial charge in [0.05, 0.1) is 16.7 Å². The Labute approximate surface area is 106 Å². The summed E-state index contributed by atoms with van der Waals surface area (Å²) < 4.78 is 0. The highest BCUT2D eigenvalue weighted by Gasteiger charge is 2.32. The maximum Gasteiger partial charge on any atom is 0.336 e. The van der Waals surface area contributed by atoms with Crippen LogP contribution in [0.5, 0.6) is 0 Å². The molecule has 0 saturated heterocycles. The quantitative estimate of drug-likeness (QED) is 0.596. The molecule has 1 aliphatic heterocycles. The van der Waals surface area contributed by atoms with E-state index in [4.69, 9.17) is 5.11 Å². The minimum atomic E-state index is -1.14. The van der Waals surface area contributed by atoms with E-state index in [0.717, 1.165) is 0 Å². The van der Waals surface area contributed by atoms with E-state index in [2.05, 4.69) is 0 Å². The molecule has 3 rings (SSSR count). The number of carboxylic acid groups (broad SMARTS) is 1. The van der Waals surface area contributed by atoms with Gasteiger partial charge >= 0.3 is 5.97 Å². The van der Waals surface area contributed by atoms with Crippen molar-refractivity contribution in [2.45, 2.75) is 0 Å². The Balaban J connectivity index is 2.51. The van der Waals surface area contributed by atoms with Gasteiger partial charge < -0.3 is 5.11 Å². The van der Waals surface area contributed by atoms with Gasteiger partial charge in [0.25, 0.3) is 11.8 Å². The lowest BCUT2D eigenvalue weighted by atomic mass is 9.92. The molecule has 2 aromatic carbocycles. The first-order valence-electron chi connectivity index (χ1n) is 5.39. The van der Waals surface area contributed by atoms with E-state index in [1.54, 1.807) is 0 Å². The van der Waals surface area contributed by atoms with Crippen LogP contribution < -0.4 is 0 Å². The summed E-state index contributed by atoms with van der Waals surface area (Å²) in [5.41, 5.74) is 0.225. The molecule has 0 unspecified atom stereocenters. The summed E-state index contributed by atoms with van der Waals surface area (Å²) in [5, 5.41) is 19.2. The predicted molar refractivity (Wildman–Crippen MR) is 63.2 cm³/mol. The van der Waals surface area contributed by atoms with E-state index >= 15 is 0 Å². The second kappa shape index (κ2) is 3.63. The highest BCUT2D eigenvalue weighted by Crippen LogP contribution is 2.31. The Morgan fingerprint density at radius 2 is 1.63 bits per heavy atom. The molecule has 0 spiro atoms. The van der Waals surface area contributed by atoms with Gasteiger partial charge in [0.1, 0.15) is 0 Å². The fraction of sp³-hybridized carbons (Fsp3) is 0. The van der Waals surface area contributed by atoms with Gasteiger partial charge in [-0.05, 0) is 23.6 Å². The van der Waals surface area contributed by atoms with Crippen molar-refractivity contribution in [3.05, 3.63) is 47.0 Å². The molecule has 2 aromatic rings. The van der Waals surface area contributed by atoms with Gasteiger partial charge in [0.2, 0.25) is 0 Å². The molecule has 2 amide bonds. The van der Waals surface area contributed by atoms with Crippen molar-refractivity contribution in [1.82, 2.24) is 5.06 Å². The van der Waals surface area contributed by atoms with Crippen LogP contribution in [0.3, 0.4) is 0 Å². The first-order chi connectivity index (χ1) is 9.02. The Morgan fingerprint density at radius 1 is 1.00 bits per heavy atom. The van der Waals surface area contributed by atoms with Crippen molar-refractivity contribution in [1.29, 1.82) is 0 Å². The normalized spacial score (nSPS) is 14.1. The molecule has 1 aliphatic rings. The number of hydrogen-bond donors (Lipinski definition) is 2. The summed E-state index contributed by atoms with van der Waals surface area (Å²) in [5.74, 6) is -2.86. The van der Waals surface area contributed by atoms with E-state index in [1.807, 2.05) is 0 Å². The minimum absolute atomic E-state index is 0.00703. The third-order valence-corrected chi connectivity index (χ3v) is 3.12. The molecule has 1 heterocycles. The summed E-state index contributed by atoms with van der Waals surface area (Å²) in [6.45, 7) is 0. The number of amides is 2. The summed E-state index contributed by atoms with van der Waals surface area (Å²) >= 11 is 0. The smallest absolute Gasteiger partial charge is 0.336 e. The molecule has 0 bridgehead atoms. The molecule has 19 heavy (non-hydrogen) atoms. The van der Waals surface area contributed by atoms with E-state index in [-0.39, 0.29) is 27.1 Å². The van der Waals surface area contributed by atoms with Crippen molar-refractivity contribution in [2.24, 2.45) is 0 Å². The molecule has 0 radical (unpaired) electrons. The van der Waals surface area contributed by atoms with Crippen LogP contribution in [-0.4, -0.2) is 33.2 Å². The van der Waals surface area contributed by atoms with Crippen LogP contribution >= 0.6 is 0 Å². The van der Waals surface area contributed by atoms with Gasteiger partial charge in [-0.2, -0.15) is 0 Å². The first-order valence-corrected chi connectivity index (χ1v) is 5.39. The predicted octanol–water partition coefficient (Wildman–Crippen LogP) is 1.52. The Bertz CT molecular complexity index is 743. The molecule has 0 saturated carbocycles. The van der Waals surface area contributed by atoms with Gasteiger partial charge in [-0.25, -0.2) is 4.79 Å². The Kier molecular flexibility index (Phi) is 2.17. The second-order valence-electron chi connectivity index (χ2n) is 4.12. The Hall–Kier alpha value is -2.73. The monoisotopic (exact) mass is 257 g/mol. The molecule has 2 N–H and O–H groups in total. The summed E-state index contributed by atoms with van der Waals surface area (Å²) in [6.07, 6.45) is 0. The number of hydroxylamine groups is 2. The van der Waals surface area contributed by atoms with Crippen molar-refractivity contribution in [3.8, 4) is 0 Å². The number of aromatic carboxylic acids is 1. The lowest BCUT2D eigenvalue weighted by Crippen LogP contribution is -2.37. The molecular weight excluding hydrogens is 250 g/mol. The summed E-state index contributed by atoms with van der Waals surface area (Å²) in [6, 6.07) is 7.06. The van der Waals surface area contributed by atoms with Gasteiger partial charge in [0.15, 0.2) is 0 Å². The largest absolute Gasteiger partial charge is 0.478 e. The number of carboxylic acids is 1. The molecular formula is C13H7NO5. The highest BCUT2D eigenvalue weighted by molar-refractivity contribution is 6.26. The molecule has 0 fully saturated rings. The van der Waals surface area contributed by atoms with Crippen LogP contribution in [0.15, 0.2) is 30.3 Å². The Morgan fingerprint density at radius 3 is 2.26 bits per heavy atom. The minimum Gasteiger partial charge on any atom is -0.478 e. The number of rotatable bonds is 1. The standard InChI is InChI=1S/C13H7NO5/c15-11-8-3-1-2-6-7(13(17)18)4-5-9(10(6)8)12(16)14(11)19/h1-5,19H,(H,17,18). The van der Waals surface area contributed by atoms with Gasteiger partial charge in [-0.3, -0.25) is 14.8 Å². The number of carbonyl (C=O) groups excluding carboxylic acids is 2. The zero-order valence-electron chi connectivity index (χ0n) is 9.45. The van der Waals surface area contributed by atoms with Crippen LogP contribution in [0.25, 0.3) is 10.8 Å². The van der Waals surface area contributed by atoms with Gasteiger partial charge in [-0.1, -0.05) is 12.1 Å². The van der Waals surface area contributed by atoms with E-state index in [1.165, 1.54) is 30.3 Å². The second-order valence-corrected chi connectivity index (χ2v) is 4.12. The fourth-order valence-electron chi connectivity index (χ4n) is 2.27. The van der Waals surface area contributed by atoms with E-state index in [9.17, 15) is 19.6 Å². The number of benzene rings is 2. The van der Waals surface area contributed by atoms with Crippen LogP contribution in [0.4, 0.5) is 0 Å². The number of carbonyl (C=O) groups is 3. The molecule has 0 aliphatic carbocycles. The topological polar surface area (TPSA) is 94.9 Å². The zero-order valence-corrected chi connectivity index (χ0v) is 9.45. The van der Waals surface area contributed by atoms with Gasteiger partial charge in [-0.15, -0.1) is 5.06 Å². The van der Waals surface area contributed by atoms with Gasteiger partial charge in [0, 0.05) is 5.39 Å². The lowest BCUT2D eigenvalue weighted by molar-refractivity contribution is -0.0377. The maximum absolute atomic E-state index is 11.8. The zero-order chi connectivity index (χ0) is 13.7. The van der Waals surface area contributed by atoms with Crippen molar-refractivity contribution < 1.29 is 24.7 Å². The van der Waals surface area contributed by atoms with Crippen molar-refractivity contribution >= 4 is 28.6 Å². The molecule has 0 atom stereocenters. The van der Waals surface area contributed by atoms with Crippen LogP contribution in [0.2, 0.25) is 0 Å². The van der Waals surface area contributed by atoms with Crippen LogP contribution in [0, 0.1) is 0 Å². The number of imide groups is 1. The molecule has 6 heteroatoms. The van der Waals surface area contributed by atoms with Crippen LogP contribution in [0.1, 0.15) is 31.1 Å². The number of nitrogens with zero attached hydrogens (tertiary/aromatic N) is 1. The van der Waals surface area contributed by atoms with E-state index < -0.39 is 17.8 Å². The fourth-order valence-corrected chi connectivity index (χ4v) is 2.27. The van der Waals surface area contributed by atoms with E-state index in [0.29, 0.717) is 5.39 Å². The maximum atomic E-state index is 11.8. The SMILES string of the molecule is O=C(O)c1ccc2c3c(cccc13)C(=O)N(O)C2=O. The first kappa shape index (κ1) is 11.4. The lowest BCUT2D eigenvalue weighted by Gasteiger charge is -2.22. The molecule has 94 valence electrons. The summed E-state index contributed by atoms with van der Waals surface area (Å²) in [7, 11) is 0. The van der Waals surface area contributed by atoms with Crippen molar-refractivity contribution in [3.63, 3.8) is 0 Å². The molecule has 6 nitrogen and oxygen atoms in total. The molecule has 0 aromatic heterocycles. The third-order valence-electron chi connectivity index (χ3n) is 3.12. The average molecular weight is 257 g/mol. The third kappa shape index (κ3) is 1.37.